The number of carbonyl (C=O) groups excluding carboxylic acids is 1. The molecule has 3 rings (SSSR count). The van der Waals surface area contributed by atoms with Crippen LogP contribution in [0.15, 0.2) is 29.6 Å². The van der Waals surface area contributed by atoms with Crippen LogP contribution in [0, 0.1) is 6.92 Å². The maximum atomic E-state index is 12.2. The van der Waals surface area contributed by atoms with Crippen molar-refractivity contribution in [1.29, 1.82) is 0 Å². The number of rotatable bonds is 2. The maximum absolute atomic E-state index is 12.2. The standard InChI is InChI=1S/C14H15N3OS.ClH/c1-9-8-19-14(16-9)17-13(18)12-6-10-4-2-3-5-11(10)7-15-12;/h2-5,8,12,15H,6-7H2,1H3,(H,16,17,18);1H. The van der Waals surface area contributed by atoms with Gasteiger partial charge in [-0.05, 0) is 24.5 Å². The Balaban J connectivity index is 0.00000147. The van der Waals surface area contributed by atoms with Gasteiger partial charge in [0.25, 0.3) is 0 Å². The molecule has 1 aromatic heterocycles. The number of thiazole rings is 1. The highest BCUT2D eigenvalue weighted by atomic mass is 35.5. The summed E-state index contributed by atoms with van der Waals surface area (Å²) in [7, 11) is 0. The first-order valence-electron chi connectivity index (χ1n) is 6.25. The highest BCUT2D eigenvalue weighted by molar-refractivity contribution is 7.13. The minimum Gasteiger partial charge on any atom is -0.301 e. The zero-order chi connectivity index (χ0) is 13.2. The number of fused-ring (bicyclic) bond motifs is 1. The molecule has 1 atom stereocenters. The molecule has 1 aliphatic heterocycles. The van der Waals surface area contributed by atoms with Crippen molar-refractivity contribution in [3.63, 3.8) is 0 Å². The summed E-state index contributed by atoms with van der Waals surface area (Å²) in [5.41, 5.74) is 3.45. The molecule has 2 N–H and O–H groups in total. The van der Waals surface area contributed by atoms with E-state index >= 15 is 0 Å². The van der Waals surface area contributed by atoms with E-state index in [9.17, 15) is 4.79 Å². The number of benzene rings is 1. The summed E-state index contributed by atoms with van der Waals surface area (Å²) in [5.74, 6) is -0.0103. The Morgan fingerprint density at radius 1 is 1.40 bits per heavy atom. The summed E-state index contributed by atoms with van der Waals surface area (Å²) in [6.45, 7) is 2.66. The van der Waals surface area contributed by atoms with Crippen LogP contribution in [0.1, 0.15) is 16.8 Å². The molecule has 1 unspecified atom stereocenters. The van der Waals surface area contributed by atoms with E-state index in [0.717, 1.165) is 18.7 Å². The summed E-state index contributed by atoms with van der Waals surface area (Å²) in [4.78, 5) is 16.4. The number of nitrogens with zero attached hydrogens (tertiary/aromatic N) is 1. The molecule has 106 valence electrons. The van der Waals surface area contributed by atoms with Gasteiger partial charge in [0.2, 0.25) is 5.91 Å². The minimum atomic E-state index is -0.181. The fourth-order valence-electron chi connectivity index (χ4n) is 2.24. The molecule has 2 aromatic rings. The number of anilines is 1. The van der Waals surface area contributed by atoms with E-state index in [0.29, 0.717) is 5.13 Å². The van der Waals surface area contributed by atoms with Crippen LogP contribution >= 0.6 is 23.7 Å². The van der Waals surface area contributed by atoms with E-state index in [1.807, 2.05) is 24.4 Å². The topological polar surface area (TPSA) is 54.0 Å². The average Bonchev–Trinajstić information content (AvgIpc) is 2.83. The van der Waals surface area contributed by atoms with E-state index in [4.69, 9.17) is 0 Å². The Labute approximate surface area is 128 Å². The summed E-state index contributed by atoms with van der Waals surface area (Å²) >= 11 is 1.46. The van der Waals surface area contributed by atoms with Gasteiger partial charge in [0.1, 0.15) is 0 Å². The van der Waals surface area contributed by atoms with Gasteiger partial charge in [-0.3, -0.25) is 4.79 Å². The molecule has 20 heavy (non-hydrogen) atoms. The quantitative estimate of drug-likeness (QED) is 0.896. The van der Waals surface area contributed by atoms with E-state index in [1.165, 1.54) is 22.5 Å². The number of hydrogen-bond donors (Lipinski definition) is 2. The van der Waals surface area contributed by atoms with Crippen molar-refractivity contribution in [2.45, 2.75) is 25.9 Å². The molecule has 4 nitrogen and oxygen atoms in total. The van der Waals surface area contributed by atoms with Gasteiger partial charge >= 0.3 is 0 Å². The van der Waals surface area contributed by atoms with Gasteiger partial charge in [-0.25, -0.2) is 4.98 Å². The van der Waals surface area contributed by atoms with Crippen molar-refractivity contribution in [2.24, 2.45) is 0 Å². The van der Waals surface area contributed by atoms with E-state index in [1.54, 1.807) is 0 Å². The fraction of sp³-hybridized carbons (Fsp3) is 0.286. The van der Waals surface area contributed by atoms with Crippen LogP contribution in [-0.4, -0.2) is 16.9 Å². The van der Waals surface area contributed by atoms with Gasteiger partial charge in [-0.2, -0.15) is 0 Å². The average molecular weight is 310 g/mol. The normalized spacial score (nSPS) is 16.9. The largest absolute Gasteiger partial charge is 0.301 e. The lowest BCUT2D eigenvalue weighted by Gasteiger charge is -2.24. The second kappa shape index (κ2) is 6.35. The molecule has 6 heteroatoms. The molecule has 0 bridgehead atoms. The third-order valence-corrected chi connectivity index (χ3v) is 4.12. The minimum absolute atomic E-state index is 0. The Bertz CT molecular complexity index is 614. The first kappa shape index (κ1) is 15.0. The van der Waals surface area contributed by atoms with Crippen LogP contribution in [0.4, 0.5) is 5.13 Å². The van der Waals surface area contributed by atoms with Crippen molar-refractivity contribution < 1.29 is 4.79 Å². The number of aryl methyl sites for hydroxylation is 1. The summed E-state index contributed by atoms with van der Waals surface area (Å²) in [6.07, 6.45) is 0.729. The van der Waals surface area contributed by atoms with Crippen LogP contribution in [0.25, 0.3) is 0 Å². The Morgan fingerprint density at radius 2 is 2.15 bits per heavy atom. The van der Waals surface area contributed by atoms with Crippen LogP contribution in [0.5, 0.6) is 0 Å². The number of hydrogen-bond acceptors (Lipinski definition) is 4. The van der Waals surface area contributed by atoms with Gasteiger partial charge in [-0.15, -0.1) is 23.7 Å². The molecule has 1 aromatic carbocycles. The molecule has 0 saturated heterocycles. The first-order valence-corrected chi connectivity index (χ1v) is 7.13. The van der Waals surface area contributed by atoms with Gasteiger partial charge in [0.05, 0.1) is 11.7 Å². The highest BCUT2D eigenvalue weighted by Gasteiger charge is 2.24. The molecule has 0 fully saturated rings. The van der Waals surface area contributed by atoms with Gasteiger partial charge in [0.15, 0.2) is 5.13 Å². The van der Waals surface area contributed by atoms with Crippen molar-refractivity contribution in [3.8, 4) is 0 Å². The molecular formula is C14H16ClN3OS. The Hall–Kier alpha value is -1.43. The van der Waals surface area contributed by atoms with Crippen molar-refractivity contribution in [3.05, 3.63) is 46.5 Å². The number of amides is 1. The lowest BCUT2D eigenvalue weighted by Crippen LogP contribution is -2.44. The molecular weight excluding hydrogens is 294 g/mol. The van der Waals surface area contributed by atoms with Crippen LogP contribution in [0.2, 0.25) is 0 Å². The van der Waals surface area contributed by atoms with Crippen molar-refractivity contribution in [2.75, 3.05) is 5.32 Å². The summed E-state index contributed by atoms with van der Waals surface area (Å²) in [6, 6.07) is 8.05. The predicted molar refractivity (Wildman–Crippen MR) is 83.5 cm³/mol. The maximum Gasteiger partial charge on any atom is 0.243 e. The molecule has 0 radical (unpaired) electrons. The van der Waals surface area contributed by atoms with Crippen LogP contribution in [0.3, 0.4) is 0 Å². The third kappa shape index (κ3) is 3.17. The molecule has 1 amide bonds. The first-order chi connectivity index (χ1) is 9.22. The summed E-state index contributed by atoms with van der Waals surface area (Å²) < 4.78 is 0. The fourth-order valence-corrected chi connectivity index (χ4v) is 2.93. The SMILES string of the molecule is Cc1csc(NC(=O)C2Cc3ccccc3CN2)n1.Cl. The number of nitrogens with one attached hydrogen (secondary N) is 2. The lowest BCUT2D eigenvalue weighted by atomic mass is 9.95. The van der Waals surface area contributed by atoms with Crippen molar-refractivity contribution >= 4 is 34.8 Å². The zero-order valence-electron chi connectivity index (χ0n) is 11.1. The van der Waals surface area contributed by atoms with Crippen molar-refractivity contribution in [1.82, 2.24) is 10.3 Å². The van der Waals surface area contributed by atoms with E-state index in [2.05, 4.69) is 27.8 Å². The van der Waals surface area contributed by atoms with E-state index in [-0.39, 0.29) is 24.4 Å². The molecule has 1 aliphatic rings. The van der Waals surface area contributed by atoms with Gasteiger partial charge in [0, 0.05) is 11.9 Å². The second-order valence-corrected chi connectivity index (χ2v) is 5.55. The molecule has 0 saturated carbocycles. The second-order valence-electron chi connectivity index (χ2n) is 4.69. The molecule has 2 heterocycles. The van der Waals surface area contributed by atoms with E-state index < -0.39 is 0 Å². The van der Waals surface area contributed by atoms with Gasteiger partial charge < -0.3 is 10.6 Å². The Morgan fingerprint density at radius 3 is 2.85 bits per heavy atom. The van der Waals surface area contributed by atoms with Crippen LogP contribution < -0.4 is 10.6 Å². The molecule has 0 spiro atoms. The number of halogens is 1. The predicted octanol–water partition coefficient (Wildman–Crippen LogP) is 2.53. The number of aromatic nitrogens is 1. The number of carbonyl (C=O) groups is 1. The molecule has 0 aliphatic carbocycles. The smallest absolute Gasteiger partial charge is 0.243 e. The zero-order valence-corrected chi connectivity index (χ0v) is 12.7. The summed E-state index contributed by atoms with van der Waals surface area (Å²) in [5, 5.41) is 8.74. The van der Waals surface area contributed by atoms with Crippen LogP contribution in [-0.2, 0) is 17.8 Å². The lowest BCUT2D eigenvalue weighted by molar-refractivity contribution is -0.118. The third-order valence-electron chi connectivity index (χ3n) is 3.25. The highest BCUT2D eigenvalue weighted by Crippen LogP contribution is 2.19. The van der Waals surface area contributed by atoms with Gasteiger partial charge in [-0.1, -0.05) is 24.3 Å². The monoisotopic (exact) mass is 309 g/mol. The Kier molecular flexibility index (Phi) is 4.75.